The molecule has 4 heteroatoms. The number of hydrogen-bond acceptors (Lipinski definition) is 2. The summed E-state index contributed by atoms with van der Waals surface area (Å²) in [5, 5.41) is 14.9. The van der Waals surface area contributed by atoms with Gasteiger partial charge in [-0.3, -0.25) is 4.68 Å². The van der Waals surface area contributed by atoms with Gasteiger partial charge in [-0.05, 0) is 31.6 Å². The molecule has 1 atom stereocenters. The summed E-state index contributed by atoms with van der Waals surface area (Å²) >= 11 is 6.41. The summed E-state index contributed by atoms with van der Waals surface area (Å²) in [7, 11) is 0. The molecule has 0 spiro atoms. The van der Waals surface area contributed by atoms with Crippen molar-refractivity contribution in [2.45, 2.75) is 59.9 Å². The normalized spacial score (nSPS) is 14.8. The van der Waals surface area contributed by atoms with Gasteiger partial charge in [0.2, 0.25) is 0 Å². The largest absolute Gasteiger partial charge is 0.396 e. The Kier molecular flexibility index (Phi) is 5.67. The lowest BCUT2D eigenvalue weighted by atomic mass is 9.82. The molecule has 0 aliphatic heterocycles. The minimum absolute atomic E-state index is 0.101. The fourth-order valence-corrected chi connectivity index (χ4v) is 2.75. The molecule has 0 amide bonds. The van der Waals surface area contributed by atoms with Gasteiger partial charge in [0.05, 0.1) is 16.4 Å². The van der Waals surface area contributed by atoms with Crippen LogP contribution < -0.4 is 0 Å². The number of aliphatic hydroxyl groups excluding tert-OH is 1. The van der Waals surface area contributed by atoms with Crippen molar-refractivity contribution < 1.29 is 5.11 Å². The van der Waals surface area contributed by atoms with Crippen molar-refractivity contribution in [3.8, 4) is 0 Å². The third kappa shape index (κ3) is 3.27. The maximum atomic E-state index is 9.62. The van der Waals surface area contributed by atoms with Gasteiger partial charge in [-0.1, -0.05) is 38.8 Å². The molecule has 3 nitrogen and oxygen atoms in total. The van der Waals surface area contributed by atoms with Crippen LogP contribution in [0.1, 0.15) is 51.9 Å². The first kappa shape index (κ1) is 15.5. The van der Waals surface area contributed by atoms with E-state index in [-0.39, 0.29) is 12.0 Å². The van der Waals surface area contributed by atoms with E-state index >= 15 is 0 Å². The highest BCUT2D eigenvalue weighted by Crippen LogP contribution is 2.32. The Balaban J connectivity index is 3.05. The van der Waals surface area contributed by atoms with Crippen LogP contribution in [0.5, 0.6) is 0 Å². The van der Waals surface area contributed by atoms with E-state index in [4.69, 9.17) is 11.6 Å². The number of aliphatic hydroxyl groups is 1. The molecule has 0 aliphatic rings. The van der Waals surface area contributed by atoms with E-state index in [1.165, 1.54) is 0 Å². The third-order valence-corrected chi connectivity index (χ3v) is 3.96. The van der Waals surface area contributed by atoms with Crippen molar-refractivity contribution in [1.29, 1.82) is 0 Å². The van der Waals surface area contributed by atoms with Gasteiger partial charge in [0, 0.05) is 13.2 Å². The van der Waals surface area contributed by atoms with Gasteiger partial charge in [-0.25, -0.2) is 0 Å². The molecule has 1 aromatic heterocycles. The molecular formula is C14H25ClN2O. The van der Waals surface area contributed by atoms with Gasteiger partial charge in [0.1, 0.15) is 0 Å². The van der Waals surface area contributed by atoms with Crippen LogP contribution in [0, 0.1) is 5.41 Å². The summed E-state index contributed by atoms with van der Waals surface area (Å²) in [6.07, 6.45) is 3.70. The van der Waals surface area contributed by atoms with E-state index in [1.54, 1.807) is 0 Å². The molecule has 104 valence electrons. The van der Waals surface area contributed by atoms with E-state index in [2.05, 4.69) is 32.8 Å². The Hall–Kier alpha value is -0.540. The van der Waals surface area contributed by atoms with Gasteiger partial charge in [0.15, 0.2) is 0 Å². The highest BCUT2D eigenvalue weighted by atomic mass is 35.5. The molecular weight excluding hydrogens is 248 g/mol. The van der Waals surface area contributed by atoms with E-state index < -0.39 is 0 Å². The van der Waals surface area contributed by atoms with E-state index in [0.717, 1.165) is 48.6 Å². The Morgan fingerprint density at radius 1 is 1.33 bits per heavy atom. The van der Waals surface area contributed by atoms with Crippen molar-refractivity contribution in [2.75, 3.05) is 6.61 Å². The second-order valence-corrected chi connectivity index (χ2v) is 5.65. The number of aryl methyl sites for hydroxylation is 2. The average molecular weight is 273 g/mol. The molecule has 0 saturated carbocycles. The van der Waals surface area contributed by atoms with Crippen LogP contribution in [0.2, 0.25) is 5.02 Å². The summed E-state index contributed by atoms with van der Waals surface area (Å²) in [6.45, 7) is 9.41. The molecule has 1 rings (SSSR count). The number of hydrogen-bond donors (Lipinski definition) is 1. The maximum Gasteiger partial charge on any atom is 0.0850 e. The Bertz CT molecular complexity index is 389. The monoisotopic (exact) mass is 272 g/mol. The maximum absolute atomic E-state index is 9.62. The molecule has 0 fully saturated rings. The Morgan fingerprint density at radius 3 is 2.44 bits per heavy atom. The highest BCUT2D eigenvalue weighted by molar-refractivity contribution is 6.31. The lowest BCUT2D eigenvalue weighted by Gasteiger charge is -2.27. The van der Waals surface area contributed by atoms with Crippen molar-refractivity contribution >= 4 is 11.6 Å². The first-order valence-corrected chi connectivity index (χ1v) is 7.24. The third-order valence-electron chi connectivity index (χ3n) is 3.52. The van der Waals surface area contributed by atoms with Crippen LogP contribution in [0.25, 0.3) is 0 Å². The van der Waals surface area contributed by atoms with Crippen LogP contribution in [-0.2, 0) is 19.4 Å². The Labute approximate surface area is 115 Å². The van der Waals surface area contributed by atoms with Crippen molar-refractivity contribution in [2.24, 2.45) is 5.41 Å². The predicted octanol–water partition coefficient (Wildman–Crippen LogP) is 3.46. The molecule has 1 heterocycles. The number of aromatic nitrogens is 2. The topological polar surface area (TPSA) is 38.1 Å². The summed E-state index contributed by atoms with van der Waals surface area (Å²) in [6, 6.07) is 0. The van der Waals surface area contributed by atoms with Crippen LogP contribution in [0.4, 0.5) is 0 Å². The summed E-state index contributed by atoms with van der Waals surface area (Å²) in [4.78, 5) is 0. The van der Waals surface area contributed by atoms with Crippen LogP contribution in [-0.4, -0.2) is 21.5 Å². The molecule has 0 bridgehead atoms. The molecule has 0 aliphatic carbocycles. The van der Waals surface area contributed by atoms with Gasteiger partial charge < -0.3 is 5.11 Å². The molecule has 0 aromatic carbocycles. The van der Waals surface area contributed by atoms with E-state index in [0.29, 0.717) is 0 Å². The minimum atomic E-state index is -0.101. The van der Waals surface area contributed by atoms with Crippen molar-refractivity contribution in [3.63, 3.8) is 0 Å². The zero-order chi connectivity index (χ0) is 13.8. The van der Waals surface area contributed by atoms with Gasteiger partial charge in [0.25, 0.3) is 0 Å². The quantitative estimate of drug-likeness (QED) is 0.825. The summed E-state index contributed by atoms with van der Waals surface area (Å²) in [5.74, 6) is 0. The zero-order valence-corrected chi connectivity index (χ0v) is 12.7. The Morgan fingerprint density at radius 2 is 2.00 bits per heavy atom. The highest BCUT2D eigenvalue weighted by Gasteiger charge is 2.27. The van der Waals surface area contributed by atoms with Crippen LogP contribution in [0.15, 0.2) is 0 Å². The summed E-state index contributed by atoms with van der Waals surface area (Å²) < 4.78 is 1.98. The molecule has 1 unspecified atom stereocenters. The average Bonchev–Trinajstić information content (AvgIpc) is 2.66. The fourth-order valence-electron chi connectivity index (χ4n) is 2.42. The second-order valence-electron chi connectivity index (χ2n) is 5.27. The standard InChI is InChI=1S/C14H25ClN2O/c1-5-8-14(4,10-18)9-12-13(15)11(6-2)16-17(12)7-3/h18H,5-10H2,1-4H3. The number of nitrogens with zero attached hydrogens (tertiary/aromatic N) is 2. The minimum Gasteiger partial charge on any atom is -0.396 e. The first-order valence-electron chi connectivity index (χ1n) is 6.86. The SMILES string of the molecule is CCCC(C)(CO)Cc1c(Cl)c(CC)nn1CC. The zero-order valence-electron chi connectivity index (χ0n) is 12.0. The molecule has 1 N–H and O–H groups in total. The van der Waals surface area contributed by atoms with Gasteiger partial charge in [-0.2, -0.15) is 5.10 Å². The lowest BCUT2D eigenvalue weighted by molar-refractivity contribution is 0.129. The predicted molar refractivity (Wildman–Crippen MR) is 76.1 cm³/mol. The van der Waals surface area contributed by atoms with Gasteiger partial charge in [-0.15, -0.1) is 0 Å². The van der Waals surface area contributed by atoms with Crippen LogP contribution in [0.3, 0.4) is 0 Å². The second kappa shape index (κ2) is 6.58. The van der Waals surface area contributed by atoms with Gasteiger partial charge >= 0.3 is 0 Å². The van der Waals surface area contributed by atoms with E-state index in [1.807, 2.05) is 4.68 Å². The smallest absolute Gasteiger partial charge is 0.0850 e. The molecule has 1 aromatic rings. The van der Waals surface area contributed by atoms with E-state index in [9.17, 15) is 5.11 Å². The lowest BCUT2D eigenvalue weighted by Crippen LogP contribution is -2.25. The first-order chi connectivity index (χ1) is 8.51. The number of rotatable bonds is 7. The molecule has 0 saturated heterocycles. The molecule has 18 heavy (non-hydrogen) atoms. The van der Waals surface area contributed by atoms with Crippen molar-refractivity contribution in [3.05, 3.63) is 16.4 Å². The molecule has 0 radical (unpaired) electrons. The number of halogens is 1. The van der Waals surface area contributed by atoms with Crippen LogP contribution >= 0.6 is 11.6 Å². The van der Waals surface area contributed by atoms with Crippen molar-refractivity contribution in [1.82, 2.24) is 9.78 Å². The summed E-state index contributed by atoms with van der Waals surface area (Å²) in [5.41, 5.74) is 1.93. The fraction of sp³-hybridized carbons (Fsp3) is 0.786.